The van der Waals surface area contributed by atoms with E-state index in [9.17, 15) is 9.59 Å². The van der Waals surface area contributed by atoms with E-state index in [0.29, 0.717) is 24.1 Å². The summed E-state index contributed by atoms with van der Waals surface area (Å²) in [6.45, 7) is 0. The summed E-state index contributed by atoms with van der Waals surface area (Å²) in [4.78, 5) is 23.1. The minimum absolute atomic E-state index is 0.280. The molecular formula is C13H15BrN2O3. The zero-order valence-corrected chi connectivity index (χ0v) is 11.8. The molecule has 4 N–H and O–H groups in total. The van der Waals surface area contributed by atoms with Gasteiger partial charge < -0.3 is 16.2 Å². The van der Waals surface area contributed by atoms with E-state index >= 15 is 0 Å². The minimum atomic E-state index is -0.849. The number of amides is 1. The van der Waals surface area contributed by atoms with Crippen molar-refractivity contribution in [2.75, 3.05) is 5.73 Å². The highest BCUT2D eigenvalue weighted by molar-refractivity contribution is 9.10. The molecule has 5 nitrogen and oxygen atoms in total. The first-order valence-electron chi connectivity index (χ1n) is 6.07. The molecule has 0 spiro atoms. The van der Waals surface area contributed by atoms with E-state index in [1.165, 1.54) is 0 Å². The van der Waals surface area contributed by atoms with E-state index in [1.54, 1.807) is 18.2 Å². The summed E-state index contributed by atoms with van der Waals surface area (Å²) in [6, 6.07) is 4.63. The summed E-state index contributed by atoms with van der Waals surface area (Å²) >= 11 is 3.26. The summed E-state index contributed by atoms with van der Waals surface area (Å²) in [6.07, 6.45) is 2.14. The van der Waals surface area contributed by atoms with Crippen LogP contribution < -0.4 is 11.1 Å². The number of carbonyl (C=O) groups excluding carboxylic acids is 1. The number of hydrogen-bond donors (Lipinski definition) is 3. The lowest BCUT2D eigenvalue weighted by molar-refractivity contribution is -0.142. The maximum absolute atomic E-state index is 12.1. The second-order valence-electron chi connectivity index (χ2n) is 4.69. The molecule has 0 aromatic heterocycles. The summed E-state index contributed by atoms with van der Waals surface area (Å²) < 4.78 is 0.730. The van der Waals surface area contributed by atoms with Gasteiger partial charge in [0.05, 0.1) is 5.92 Å². The number of nitrogen functional groups attached to an aromatic ring is 1. The number of rotatable bonds is 3. The molecule has 1 saturated carbocycles. The lowest BCUT2D eigenvalue weighted by Gasteiger charge is -2.17. The van der Waals surface area contributed by atoms with Crippen molar-refractivity contribution in [1.29, 1.82) is 0 Å². The molecule has 102 valence electrons. The van der Waals surface area contributed by atoms with Crippen molar-refractivity contribution < 1.29 is 14.7 Å². The Hall–Kier alpha value is -1.56. The highest BCUT2D eigenvalue weighted by Crippen LogP contribution is 2.26. The molecule has 19 heavy (non-hydrogen) atoms. The first-order valence-corrected chi connectivity index (χ1v) is 6.87. The van der Waals surface area contributed by atoms with Gasteiger partial charge in [0.1, 0.15) is 0 Å². The molecule has 0 saturated heterocycles. The highest BCUT2D eigenvalue weighted by atomic mass is 79.9. The highest BCUT2D eigenvalue weighted by Gasteiger charge is 2.33. The molecule has 2 atom stereocenters. The van der Waals surface area contributed by atoms with Gasteiger partial charge in [0.15, 0.2) is 0 Å². The zero-order valence-electron chi connectivity index (χ0n) is 10.2. The van der Waals surface area contributed by atoms with Crippen LogP contribution in [0.1, 0.15) is 29.6 Å². The normalized spacial score (nSPS) is 22.2. The third-order valence-corrected chi connectivity index (χ3v) is 4.13. The standard InChI is InChI=1S/C13H15BrN2O3/c14-9-5-4-7(6-10(9)15)12(17)16-11-3-1-2-8(11)13(18)19/h4-6,8,11H,1-3,15H2,(H,16,17)(H,18,19). The predicted molar refractivity (Wildman–Crippen MR) is 74.8 cm³/mol. The molecule has 0 radical (unpaired) electrons. The van der Waals surface area contributed by atoms with E-state index in [-0.39, 0.29) is 11.9 Å². The van der Waals surface area contributed by atoms with E-state index in [4.69, 9.17) is 10.8 Å². The quantitative estimate of drug-likeness (QED) is 0.741. The van der Waals surface area contributed by atoms with Crippen LogP contribution in [0.4, 0.5) is 5.69 Å². The number of carboxylic acid groups (broad SMARTS) is 1. The van der Waals surface area contributed by atoms with Gasteiger partial charge >= 0.3 is 5.97 Å². The van der Waals surface area contributed by atoms with Gasteiger partial charge in [-0.05, 0) is 47.0 Å². The van der Waals surface area contributed by atoms with Gasteiger partial charge in [-0.25, -0.2) is 0 Å². The fraction of sp³-hybridized carbons (Fsp3) is 0.385. The van der Waals surface area contributed by atoms with Gasteiger partial charge in [0, 0.05) is 21.8 Å². The molecule has 1 aromatic rings. The van der Waals surface area contributed by atoms with Crippen LogP contribution in [0.2, 0.25) is 0 Å². The van der Waals surface area contributed by atoms with E-state index in [0.717, 1.165) is 10.9 Å². The molecule has 1 aromatic carbocycles. The van der Waals surface area contributed by atoms with Crippen LogP contribution >= 0.6 is 15.9 Å². The van der Waals surface area contributed by atoms with Crippen LogP contribution in [-0.4, -0.2) is 23.0 Å². The Morgan fingerprint density at radius 3 is 2.74 bits per heavy atom. The average Bonchev–Trinajstić information content (AvgIpc) is 2.80. The van der Waals surface area contributed by atoms with Crippen LogP contribution in [0, 0.1) is 5.92 Å². The largest absolute Gasteiger partial charge is 0.481 e. The summed E-state index contributed by atoms with van der Waals surface area (Å²) in [7, 11) is 0. The predicted octanol–water partition coefficient (Wildman–Crippen LogP) is 2.01. The van der Waals surface area contributed by atoms with Crippen LogP contribution in [0.5, 0.6) is 0 Å². The Kier molecular flexibility index (Phi) is 4.09. The Morgan fingerprint density at radius 1 is 1.37 bits per heavy atom. The van der Waals surface area contributed by atoms with Crippen molar-refractivity contribution in [3.05, 3.63) is 28.2 Å². The first-order chi connectivity index (χ1) is 8.99. The Bertz CT molecular complexity index is 519. The van der Waals surface area contributed by atoms with Gasteiger partial charge in [-0.3, -0.25) is 9.59 Å². The molecule has 6 heteroatoms. The second-order valence-corrected chi connectivity index (χ2v) is 5.55. The molecule has 1 fully saturated rings. The van der Waals surface area contributed by atoms with Crippen LogP contribution in [0.15, 0.2) is 22.7 Å². The number of benzene rings is 1. The second kappa shape index (κ2) is 5.61. The smallest absolute Gasteiger partial charge is 0.308 e. The molecule has 2 unspecified atom stereocenters. The average molecular weight is 327 g/mol. The van der Waals surface area contributed by atoms with Gasteiger partial charge in [-0.1, -0.05) is 6.42 Å². The number of nitrogens with two attached hydrogens (primary N) is 1. The Morgan fingerprint density at radius 2 is 2.11 bits per heavy atom. The van der Waals surface area contributed by atoms with Gasteiger partial charge in [-0.2, -0.15) is 0 Å². The van der Waals surface area contributed by atoms with Crippen molar-refractivity contribution in [2.45, 2.75) is 25.3 Å². The van der Waals surface area contributed by atoms with Gasteiger partial charge in [0.2, 0.25) is 0 Å². The van der Waals surface area contributed by atoms with Gasteiger partial charge in [0.25, 0.3) is 5.91 Å². The fourth-order valence-corrected chi connectivity index (χ4v) is 2.61. The lowest BCUT2D eigenvalue weighted by atomic mass is 10.0. The minimum Gasteiger partial charge on any atom is -0.481 e. The van der Waals surface area contributed by atoms with Crippen molar-refractivity contribution in [1.82, 2.24) is 5.32 Å². The van der Waals surface area contributed by atoms with Crippen molar-refractivity contribution in [3.8, 4) is 0 Å². The maximum atomic E-state index is 12.1. The number of anilines is 1. The third kappa shape index (κ3) is 3.07. The fourth-order valence-electron chi connectivity index (χ4n) is 2.37. The molecule has 0 bridgehead atoms. The third-order valence-electron chi connectivity index (χ3n) is 3.41. The van der Waals surface area contributed by atoms with E-state index < -0.39 is 11.9 Å². The number of carbonyl (C=O) groups is 2. The summed E-state index contributed by atoms with van der Waals surface area (Å²) in [5, 5.41) is 11.9. The Labute approximate surface area is 119 Å². The lowest BCUT2D eigenvalue weighted by Crippen LogP contribution is -2.40. The molecule has 1 aliphatic rings. The first kappa shape index (κ1) is 13.9. The number of carboxylic acids is 1. The molecule has 0 heterocycles. The van der Waals surface area contributed by atoms with Crippen LogP contribution in [-0.2, 0) is 4.79 Å². The molecule has 0 aliphatic heterocycles. The molecular weight excluding hydrogens is 312 g/mol. The topological polar surface area (TPSA) is 92.4 Å². The van der Waals surface area contributed by atoms with Crippen LogP contribution in [0.3, 0.4) is 0 Å². The Balaban J connectivity index is 2.08. The number of aliphatic carboxylic acids is 1. The van der Waals surface area contributed by atoms with E-state index in [2.05, 4.69) is 21.2 Å². The number of halogens is 1. The zero-order chi connectivity index (χ0) is 14.0. The van der Waals surface area contributed by atoms with Gasteiger partial charge in [-0.15, -0.1) is 0 Å². The van der Waals surface area contributed by atoms with Crippen molar-refractivity contribution in [3.63, 3.8) is 0 Å². The molecule has 2 rings (SSSR count). The van der Waals surface area contributed by atoms with Crippen LogP contribution in [0.25, 0.3) is 0 Å². The van der Waals surface area contributed by atoms with Crippen molar-refractivity contribution in [2.24, 2.45) is 5.92 Å². The number of nitrogens with one attached hydrogen (secondary N) is 1. The SMILES string of the molecule is Nc1cc(C(=O)NC2CCCC2C(=O)O)ccc1Br. The maximum Gasteiger partial charge on any atom is 0.308 e. The monoisotopic (exact) mass is 326 g/mol. The number of hydrogen-bond acceptors (Lipinski definition) is 3. The molecule has 1 amide bonds. The molecule has 1 aliphatic carbocycles. The summed E-state index contributed by atoms with van der Waals surface area (Å²) in [5.41, 5.74) is 6.64. The van der Waals surface area contributed by atoms with E-state index in [1.807, 2.05) is 0 Å². The van der Waals surface area contributed by atoms with Crippen molar-refractivity contribution >= 4 is 33.5 Å². The summed E-state index contributed by atoms with van der Waals surface area (Å²) in [5.74, 6) is -1.62.